The summed E-state index contributed by atoms with van der Waals surface area (Å²) in [5, 5.41) is 2.67. The monoisotopic (exact) mass is 410 g/mol. The smallest absolute Gasteiger partial charge is 0.261 e. The highest BCUT2D eigenvalue weighted by molar-refractivity contribution is 7.91. The van der Waals surface area contributed by atoms with Crippen LogP contribution in [0.3, 0.4) is 0 Å². The van der Waals surface area contributed by atoms with Gasteiger partial charge in [-0.2, -0.15) is 0 Å². The van der Waals surface area contributed by atoms with E-state index in [1.54, 1.807) is 13.8 Å². The van der Waals surface area contributed by atoms with Crippen molar-refractivity contribution >= 4 is 21.7 Å². The first kappa shape index (κ1) is 22.2. The molecule has 2 amide bonds. The van der Waals surface area contributed by atoms with E-state index in [0.29, 0.717) is 11.7 Å². The molecule has 2 atom stereocenters. The fourth-order valence-electron chi connectivity index (χ4n) is 2.95. The highest BCUT2D eigenvalue weighted by Crippen LogP contribution is 2.25. The van der Waals surface area contributed by atoms with E-state index in [4.69, 9.17) is 4.74 Å². The maximum atomic E-state index is 12.5. The van der Waals surface area contributed by atoms with Crippen molar-refractivity contribution < 1.29 is 22.7 Å². The quantitative estimate of drug-likeness (QED) is 0.770. The molecule has 1 N–H and O–H groups in total. The van der Waals surface area contributed by atoms with E-state index in [-0.39, 0.29) is 36.4 Å². The maximum absolute atomic E-state index is 12.5. The van der Waals surface area contributed by atoms with Crippen LogP contribution >= 0.6 is 0 Å². The molecule has 1 saturated heterocycles. The SMILES string of the molecule is Cc1ccc(C(C)C)cc1OC(C)C(=O)NC(C)C(=O)N1CCS(=O)(=O)CC1. The summed E-state index contributed by atoms with van der Waals surface area (Å²) < 4.78 is 28.8. The summed E-state index contributed by atoms with van der Waals surface area (Å²) in [6.07, 6.45) is -0.766. The number of sulfone groups is 1. The third-order valence-corrected chi connectivity index (χ3v) is 6.55. The summed E-state index contributed by atoms with van der Waals surface area (Å²) >= 11 is 0. The van der Waals surface area contributed by atoms with Crippen molar-refractivity contribution in [3.05, 3.63) is 29.3 Å². The van der Waals surface area contributed by atoms with E-state index in [1.807, 2.05) is 25.1 Å². The average molecular weight is 411 g/mol. The first-order valence-corrected chi connectivity index (χ1v) is 11.4. The summed E-state index contributed by atoms with van der Waals surface area (Å²) in [6, 6.07) is 5.19. The van der Waals surface area contributed by atoms with Gasteiger partial charge >= 0.3 is 0 Å². The molecule has 7 nitrogen and oxygen atoms in total. The minimum Gasteiger partial charge on any atom is -0.481 e. The number of benzene rings is 1. The highest BCUT2D eigenvalue weighted by Gasteiger charge is 2.29. The molecule has 1 fully saturated rings. The molecular formula is C20H30N2O5S. The van der Waals surface area contributed by atoms with Crippen LogP contribution in [-0.2, 0) is 19.4 Å². The topological polar surface area (TPSA) is 92.8 Å². The highest BCUT2D eigenvalue weighted by atomic mass is 32.2. The van der Waals surface area contributed by atoms with Crippen LogP contribution in [-0.4, -0.2) is 61.9 Å². The Morgan fingerprint density at radius 1 is 1.11 bits per heavy atom. The summed E-state index contributed by atoms with van der Waals surface area (Å²) in [6.45, 7) is 9.65. The lowest BCUT2D eigenvalue weighted by molar-refractivity contribution is -0.137. The van der Waals surface area contributed by atoms with Gasteiger partial charge in [-0.25, -0.2) is 8.42 Å². The molecule has 28 heavy (non-hydrogen) atoms. The number of rotatable bonds is 6. The van der Waals surface area contributed by atoms with Crippen LogP contribution in [0.2, 0.25) is 0 Å². The Hall–Kier alpha value is -2.09. The van der Waals surface area contributed by atoms with Gasteiger partial charge in [0.2, 0.25) is 5.91 Å². The molecule has 1 aromatic rings. The van der Waals surface area contributed by atoms with Crippen molar-refractivity contribution in [2.45, 2.75) is 52.7 Å². The fourth-order valence-corrected chi connectivity index (χ4v) is 4.15. The minimum absolute atomic E-state index is 0.0373. The van der Waals surface area contributed by atoms with E-state index in [1.165, 1.54) is 4.90 Å². The van der Waals surface area contributed by atoms with Crippen LogP contribution < -0.4 is 10.1 Å². The van der Waals surface area contributed by atoms with E-state index < -0.39 is 22.0 Å². The first-order chi connectivity index (χ1) is 13.0. The molecule has 0 bridgehead atoms. The number of amides is 2. The zero-order valence-electron chi connectivity index (χ0n) is 17.2. The van der Waals surface area contributed by atoms with Gasteiger partial charge in [-0.3, -0.25) is 9.59 Å². The van der Waals surface area contributed by atoms with Crippen LogP contribution in [0.1, 0.15) is 44.7 Å². The predicted molar refractivity (Wildman–Crippen MR) is 108 cm³/mol. The predicted octanol–water partition coefficient (Wildman–Crippen LogP) is 1.65. The van der Waals surface area contributed by atoms with Crippen LogP contribution in [0, 0.1) is 6.92 Å². The first-order valence-electron chi connectivity index (χ1n) is 9.57. The normalized spacial score (nSPS) is 18.4. The zero-order valence-corrected chi connectivity index (χ0v) is 18.0. The van der Waals surface area contributed by atoms with Crippen molar-refractivity contribution in [2.24, 2.45) is 0 Å². The van der Waals surface area contributed by atoms with Crippen molar-refractivity contribution in [3.8, 4) is 5.75 Å². The van der Waals surface area contributed by atoms with E-state index in [0.717, 1.165) is 11.1 Å². The lowest BCUT2D eigenvalue weighted by Crippen LogP contribution is -2.53. The van der Waals surface area contributed by atoms with Crippen molar-refractivity contribution in [3.63, 3.8) is 0 Å². The molecule has 2 unspecified atom stereocenters. The molecule has 1 aliphatic rings. The molecule has 0 saturated carbocycles. The van der Waals surface area contributed by atoms with Gasteiger partial charge in [0.25, 0.3) is 5.91 Å². The van der Waals surface area contributed by atoms with Crippen LogP contribution in [0.25, 0.3) is 0 Å². The third-order valence-electron chi connectivity index (χ3n) is 4.94. The van der Waals surface area contributed by atoms with Crippen LogP contribution in [0.15, 0.2) is 18.2 Å². The number of nitrogens with one attached hydrogen (secondary N) is 1. The minimum atomic E-state index is -3.06. The molecule has 8 heteroatoms. The van der Waals surface area contributed by atoms with Crippen molar-refractivity contribution in [1.82, 2.24) is 10.2 Å². The van der Waals surface area contributed by atoms with Gasteiger partial charge < -0.3 is 15.0 Å². The molecule has 1 aromatic carbocycles. The average Bonchev–Trinajstić information content (AvgIpc) is 2.62. The lowest BCUT2D eigenvalue weighted by Gasteiger charge is -2.29. The molecule has 2 rings (SSSR count). The van der Waals surface area contributed by atoms with Gasteiger partial charge in [-0.05, 0) is 43.9 Å². The Kier molecular flexibility index (Phi) is 7.09. The van der Waals surface area contributed by atoms with E-state index in [2.05, 4.69) is 19.2 Å². The summed E-state index contributed by atoms with van der Waals surface area (Å²) in [7, 11) is -3.06. The molecule has 0 radical (unpaired) electrons. The molecule has 0 aliphatic carbocycles. The second-order valence-electron chi connectivity index (χ2n) is 7.65. The molecular weight excluding hydrogens is 380 g/mol. The Morgan fingerprint density at radius 2 is 1.71 bits per heavy atom. The second kappa shape index (κ2) is 8.94. The summed E-state index contributed by atoms with van der Waals surface area (Å²) in [5.74, 6) is 0.245. The van der Waals surface area contributed by atoms with Crippen LogP contribution in [0.5, 0.6) is 5.75 Å². The zero-order chi connectivity index (χ0) is 21.1. The van der Waals surface area contributed by atoms with E-state index >= 15 is 0 Å². The standard InChI is InChI=1S/C20H30N2O5S/c1-13(2)17-7-6-14(3)18(12-17)27-16(5)19(23)21-15(4)20(24)22-8-10-28(25,26)11-9-22/h6-7,12-13,15-16H,8-11H2,1-5H3,(H,21,23). The van der Waals surface area contributed by atoms with Gasteiger partial charge in [-0.15, -0.1) is 0 Å². The largest absolute Gasteiger partial charge is 0.481 e. The van der Waals surface area contributed by atoms with E-state index in [9.17, 15) is 18.0 Å². The number of aryl methyl sites for hydroxylation is 1. The summed E-state index contributed by atoms with van der Waals surface area (Å²) in [5.41, 5.74) is 2.06. The molecule has 0 aromatic heterocycles. The number of hydrogen-bond donors (Lipinski definition) is 1. The van der Waals surface area contributed by atoms with Crippen LogP contribution in [0.4, 0.5) is 0 Å². The molecule has 156 valence electrons. The Labute approximate surface area is 167 Å². The molecule has 0 spiro atoms. The van der Waals surface area contributed by atoms with Gasteiger partial charge in [0.1, 0.15) is 11.8 Å². The van der Waals surface area contributed by atoms with Gasteiger partial charge in [-0.1, -0.05) is 26.0 Å². The Balaban J connectivity index is 1.95. The maximum Gasteiger partial charge on any atom is 0.261 e. The van der Waals surface area contributed by atoms with Crippen molar-refractivity contribution in [2.75, 3.05) is 24.6 Å². The molecule has 1 heterocycles. The second-order valence-corrected chi connectivity index (χ2v) is 9.95. The Bertz CT molecular complexity index is 821. The fraction of sp³-hybridized carbons (Fsp3) is 0.600. The molecule has 1 aliphatic heterocycles. The Morgan fingerprint density at radius 3 is 2.29 bits per heavy atom. The van der Waals surface area contributed by atoms with Gasteiger partial charge in [0.05, 0.1) is 11.5 Å². The number of carbonyl (C=O) groups is 2. The number of ether oxygens (including phenoxy) is 1. The van der Waals surface area contributed by atoms with Gasteiger partial charge in [0, 0.05) is 13.1 Å². The van der Waals surface area contributed by atoms with Crippen molar-refractivity contribution in [1.29, 1.82) is 0 Å². The summed E-state index contributed by atoms with van der Waals surface area (Å²) in [4.78, 5) is 26.4. The van der Waals surface area contributed by atoms with Gasteiger partial charge in [0.15, 0.2) is 15.9 Å². The lowest BCUT2D eigenvalue weighted by atomic mass is 10.0. The number of hydrogen-bond acceptors (Lipinski definition) is 5. The number of nitrogens with zero attached hydrogens (tertiary/aromatic N) is 1. The number of carbonyl (C=O) groups excluding carboxylic acids is 2. The third kappa shape index (κ3) is 5.70.